The fourth-order valence-corrected chi connectivity index (χ4v) is 2.19. The van der Waals surface area contributed by atoms with Crippen molar-refractivity contribution in [1.82, 2.24) is 4.90 Å². The van der Waals surface area contributed by atoms with Crippen LogP contribution < -0.4 is 4.90 Å². The number of carbonyl (C=O) groups excluding carboxylic acids is 2. The Morgan fingerprint density at radius 1 is 0.962 bits per heavy atom. The minimum atomic E-state index is -0.226. The van der Waals surface area contributed by atoms with Crippen molar-refractivity contribution in [2.24, 2.45) is 5.92 Å². The molecule has 0 fully saturated rings. The van der Waals surface area contributed by atoms with Crippen LogP contribution in [0, 0.1) is 5.92 Å². The zero-order valence-corrected chi connectivity index (χ0v) is 16.4. The highest BCUT2D eigenvalue weighted by molar-refractivity contribution is 6.04. The summed E-state index contributed by atoms with van der Waals surface area (Å²) in [6.45, 7) is 7.21. The summed E-state index contributed by atoms with van der Waals surface area (Å²) in [5.74, 6) is 0.108. The largest absolute Gasteiger partial charge is 0.381 e. The maximum absolute atomic E-state index is 12.2. The molecular formula is C20H32N2O4. The van der Waals surface area contributed by atoms with Crippen molar-refractivity contribution in [3.05, 3.63) is 30.3 Å². The topological polar surface area (TPSA) is 59.1 Å². The number of amides is 2. The first-order valence-corrected chi connectivity index (χ1v) is 9.13. The maximum Gasteiger partial charge on any atom is 0.236 e. The summed E-state index contributed by atoms with van der Waals surface area (Å²) in [5, 5.41) is 0. The molecule has 0 spiro atoms. The van der Waals surface area contributed by atoms with Gasteiger partial charge in [-0.05, 0) is 24.5 Å². The molecule has 0 aliphatic rings. The summed E-state index contributed by atoms with van der Waals surface area (Å²) >= 11 is 0. The summed E-state index contributed by atoms with van der Waals surface area (Å²) in [4.78, 5) is 27.4. The molecule has 1 aromatic rings. The average molecular weight is 364 g/mol. The minimum Gasteiger partial charge on any atom is -0.381 e. The molecule has 0 heterocycles. The molecule has 6 nitrogen and oxygen atoms in total. The Balaban J connectivity index is 2.17. The van der Waals surface area contributed by atoms with Crippen LogP contribution in [0.2, 0.25) is 0 Å². The fourth-order valence-electron chi connectivity index (χ4n) is 2.19. The molecule has 0 aliphatic heterocycles. The van der Waals surface area contributed by atoms with E-state index in [0.29, 0.717) is 32.3 Å². The van der Waals surface area contributed by atoms with Gasteiger partial charge in [-0.25, -0.2) is 0 Å². The van der Waals surface area contributed by atoms with E-state index >= 15 is 0 Å². The first-order chi connectivity index (χ1) is 12.4. The van der Waals surface area contributed by atoms with E-state index in [-0.39, 0.29) is 18.2 Å². The quantitative estimate of drug-likeness (QED) is 0.422. The molecule has 1 rings (SSSR count). The van der Waals surface area contributed by atoms with E-state index in [0.717, 1.165) is 18.7 Å². The van der Waals surface area contributed by atoms with Crippen molar-refractivity contribution in [3.63, 3.8) is 0 Å². The van der Waals surface area contributed by atoms with Gasteiger partial charge in [0.05, 0.1) is 6.61 Å². The molecule has 1 aromatic carbocycles. The van der Waals surface area contributed by atoms with Gasteiger partial charge in [0, 0.05) is 46.1 Å². The Hall–Kier alpha value is -1.92. The molecule has 0 radical (unpaired) electrons. The summed E-state index contributed by atoms with van der Waals surface area (Å²) in [6.07, 6.45) is 0.690. The fraction of sp³-hybridized carbons (Fsp3) is 0.600. The van der Waals surface area contributed by atoms with Crippen LogP contribution in [0.25, 0.3) is 0 Å². The Kier molecular flexibility index (Phi) is 10.6. The van der Waals surface area contributed by atoms with E-state index in [2.05, 4.69) is 13.8 Å². The number of benzene rings is 1. The highest BCUT2D eigenvalue weighted by Gasteiger charge is 2.18. The molecule has 2 amide bonds. The molecule has 0 aromatic heterocycles. The number of ether oxygens (including phenoxy) is 2. The van der Waals surface area contributed by atoms with E-state index in [9.17, 15) is 9.59 Å². The van der Waals surface area contributed by atoms with Crippen LogP contribution in [0.5, 0.6) is 0 Å². The van der Waals surface area contributed by atoms with Gasteiger partial charge in [0.1, 0.15) is 6.42 Å². The smallest absolute Gasteiger partial charge is 0.236 e. The Labute approximate surface area is 157 Å². The predicted molar refractivity (Wildman–Crippen MR) is 103 cm³/mol. The SMILES string of the molecule is CC(C)COCCCOCCN(C)C(=O)CC(=O)N(C)c1ccccc1. The number of hydrogen-bond donors (Lipinski definition) is 0. The van der Waals surface area contributed by atoms with Crippen molar-refractivity contribution in [2.45, 2.75) is 26.7 Å². The van der Waals surface area contributed by atoms with Gasteiger partial charge in [0.15, 0.2) is 0 Å². The van der Waals surface area contributed by atoms with E-state index in [4.69, 9.17) is 9.47 Å². The Morgan fingerprint density at radius 2 is 1.62 bits per heavy atom. The van der Waals surface area contributed by atoms with E-state index in [1.54, 1.807) is 14.1 Å². The first-order valence-electron chi connectivity index (χ1n) is 9.13. The Morgan fingerprint density at radius 3 is 2.27 bits per heavy atom. The number of rotatable bonds is 12. The van der Waals surface area contributed by atoms with Crippen LogP contribution in [0.15, 0.2) is 30.3 Å². The highest BCUT2D eigenvalue weighted by atomic mass is 16.5. The third-order valence-electron chi connectivity index (χ3n) is 3.85. The van der Waals surface area contributed by atoms with Crippen LogP contribution >= 0.6 is 0 Å². The lowest BCUT2D eigenvalue weighted by Crippen LogP contribution is -2.36. The van der Waals surface area contributed by atoms with Crippen molar-refractivity contribution >= 4 is 17.5 Å². The molecule has 146 valence electrons. The molecular weight excluding hydrogens is 332 g/mol. The molecule has 26 heavy (non-hydrogen) atoms. The third-order valence-corrected chi connectivity index (χ3v) is 3.85. The van der Waals surface area contributed by atoms with E-state index in [1.165, 1.54) is 9.80 Å². The van der Waals surface area contributed by atoms with Crippen LogP contribution in [0.1, 0.15) is 26.7 Å². The van der Waals surface area contributed by atoms with Crippen LogP contribution in [0.3, 0.4) is 0 Å². The lowest BCUT2D eigenvalue weighted by atomic mass is 10.2. The van der Waals surface area contributed by atoms with Crippen LogP contribution in [0.4, 0.5) is 5.69 Å². The lowest BCUT2D eigenvalue weighted by molar-refractivity contribution is -0.134. The summed E-state index contributed by atoms with van der Waals surface area (Å²) in [6, 6.07) is 9.28. The van der Waals surface area contributed by atoms with Crippen molar-refractivity contribution in [1.29, 1.82) is 0 Å². The molecule has 0 bridgehead atoms. The molecule has 0 saturated carbocycles. The average Bonchev–Trinajstić information content (AvgIpc) is 2.63. The Bertz CT molecular complexity index is 534. The minimum absolute atomic E-state index is 0.148. The number of likely N-dealkylation sites (N-methyl/N-ethyl adjacent to an activating group) is 1. The van der Waals surface area contributed by atoms with Crippen molar-refractivity contribution < 1.29 is 19.1 Å². The highest BCUT2D eigenvalue weighted by Crippen LogP contribution is 2.12. The van der Waals surface area contributed by atoms with Crippen molar-refractivity contribution in [2.75, 3.05) is 52.0 Å². The van der Waals surface area contributed by atoms with Gasteiger partial charge in [-0.2, -0.15) is 0 Å². The molecule has 0 aliphatic carbocycles. The van der Waals surface area contributed by atoms with E-state index < -0.39 is 0 Å². The normalized spacial score (nSPS) is 10.8. The number of hydrogen-bond acceptors (Lipinski definition) is 4. The molecule has 0 saturated heterocycles. The molecule has 0 unspecified atom stereocenters. The van der Waals surface area contributed by atoms with E-state index in [1.807, 2.05) is 30.3 Å². The number of anilines is 1. The van der Waals surface area contributed by atoms with Gasteiger partial charge in [0.2, 0.25) is 11.8 Å². The van der Waals surface area contributed by atoms with Gasteiger partial charge in [-0.3, -0.25) is 9.59 Å². The number of nitrogens with zero attached hydrogens (tertiary/aromatic N) is 2. The van der Waals surface area contributed by atoms with Gasteiger partial charge in [-0.15, -0.1) is 0 Å². The summed E-state index contributed by atoms with van der Waals surface area (Å²) in [5.41, 5.74) is 0.774. The second kappa shape index (κ2) is 12.4. The standard InChI is InChI=1S/C20H32N2O4/c1-17(2)16-26-13-8-12-25-14-11-21(3)19(23)15-20(24)22(4)18-9-6-5-7-10-18/h5-7,9-10,17H,8,11-16H2,1-4H3. The summed E-state index contributed by atoms with van der Waals surface area (Å²) < 4.78 is 11.0. The number of carbonyl (C=O) groups is 2. The zero-order chi connectivity index (χ0) is 19.4. The predicted octanol–water partition coefficient (Wildman–Crippen LogP) is 2.58. The number of para-hydroxylation sites is 1. The first kappa shape index (κ1) is 22.1. The second-order valence-corrected chi connectivity index (χ2v) is 6.72. The maximum atomic E-state index is 12.2. The third kappa shape index (κ3) is 8.97. The van der Waals surface area contributed by atoms with Gasteiger partial charge in [-0.1, -0.05) is 32.0 Å². The molecule has 6 heteroatoms. The molecule has 0 N–H and O–H groups in total. The second-order valence-electron chi connectivity index (χ2n) is 6.72. The lowest BCUT2D eigenvalue weighted by Gasteiger charge is -2.20. The van der Waals surface area contributed by atoms with Gasteiger partial charge < -0.3 is 19.3 Å². The zero-order valence-electron chi connectivity index (χ0n) is 16.4. The monoisotopic (exact) mass is 364 g/mol. The van der Waals surface area contributed by atoms with Gasteiger partial charge >= 0.3 is 0 Å². The van der Waals surface area contributed by atoms with Crippen molar-refractivity contribution in [3.8, 4) is 0 Å². The molecule has 0 atom stereocenters. The van der Waals surface area contributed by atoms with Crippen LogP contribution in [-0.4, -0.2) is 63.8 Å². The summed E-state index contributed by atoms with van der Waals surface area (Å²) in [7, 11) is 3.36. The van der Waals surface area contributed by atoms with Gasteiger partial charge in [0.25, 0.3) is 0 Å². The van der Waals surface area contributed by atoms with Crippen LogP contribution in [-0.2, 0) is 19.1 Å².